The number of carboxylic acid groups (broad SMARTS) is 1. The Morgan fingerprint density at radius 3 is 2.59 bits per heavy atom. The molecule has 4 aromatic rings. The third-order valence-corrected chi connectivity index (χ3v) is 6.88. The second-order valence-corrected chi connectivity index (χ2v) is 9.39. The van der Waals surface area contributed by atoms with E-state index in [1.54, 1.807) is 48.5 Å². The summed E-state index contributed by atoms with van der Waals surface area (Å²) in [6.45, 7) is 1.52. The minimum atomic E-state index is -4.44. The summed E-state index contributed by atoms with van der Waals surface area (Å²) in [5.41, 5.74) is 1.34. The molecule has 0 spiro atoms. The Morgan fingerprint density at radius 1 is 1.12 bits per heavy atom. The van der Waals surface area contributed by atoms with Crippen molar-refractivity contribution in [1.82, 2.24) is 4.90 Å². The first-order valence-corrected chi connectivity index (χ1v) is 11.4. The van der Waals surface area contributed by atoms with Gasteiger partial charge in [0.05, 0.1) is 12.5 Å². The summed E-state index contributed by atoms with van der Waals surface area (Å²) < 4.78 is 52.4. The number of thiophene rings is 1. The molecule has 0 atom stereocenters. The lowest BCUT2D eigenvalue weighted by atomic mass is 10.0. The van der Waals surface area contributed by atoms with E-state index in [9.17, 15) is 18.0 Å². The van der Waals surface area contributed by atoms with Crippen LogP contribution in [0.3, 0.4) is 0 Å². The lowest BCUT2D eigenvalue weighted by Crippen LogP contribution is -2.49. The van der Waals surface area contributed by atoms with Gasteiger partial charge < -0.3 is 14.3 Å². The lowest BCUT2D eigenvalue weighted by molar-refractivity contribution is -0.147. The van der Waals surface area contributed by atoms with Gasteiger partial charge in [0.2, 0.25) is 0 Å². The Bertz CT molecular complexity index is 1320. The summed E-state index contributed by atoms with van der Waals surface area (Å²) in [6, 6.07) is 17.2. The fraction of sp³-hybridized carbons (Fsp3) is 0.240. The standard InChI is InChI=1S/C25H20F3NO4S/c26-25(27,28)23-21(15-4-2-1-3-5-15)10-20(34-23)14-32-18-6-7-22-16(8-18)9-19(33-22)13-29-11-17(12-29)24(30)31/h1-10,17H,11-14H2,(H,30,31). The van der Waals surface area contributed by atoms with E-state index in [4.69, 9.17) is 14.3 Å². The highest BCUT2D eigenvalue weighted by Gasteiger charge is 2.36. The Kier molecular flexibility index (Phi) is 5.83. The number of benzene rings is 2. The first-order chi connectivity index (χ1) is 16.3. The van der Waals surface area contributed by atoms with Crippen molar-refractivity contribution in [2.24, 2.45) is 5.92 Å². The summed E-state index contributed by atoms with van der Waals surface area (Å²) in [6.07, 6.45) is -4.44. The highest BCUT2D eigenvalue weighted by Crippen LogP contribution is 2.43. The molecule has 1 aliphatic rings. The van der Waals surface area contributed by atoms with Gasteiger partial charge in [-0.25, -0.2) is 0 Å². The number of halogens is 3. The number of aliphatic carboxylic acids is 1. The number of furan rings is 1. The zero-order valence-electron chi connectivity index (χ0n) is 17.8. The second kappa shape index (κ2) is 8.81. The molecule has 9 heteroatoms. The van der Waals surface area contributed by atoms with Crippen LogP contribution in [-0.2, 0) is 24.1 Å². The molecule has 1 fully saturated rings. The van der Waals surface area contributed by atoms with Gasteiger partial charge in [0, 0.05) is 28.9 Å². The lowest BCUT2D eigenvalue weighted by Gasteiger charge is -2.35. The van der Waals surface area contributed by atoms with Crippen LogP contribution in [0.25, 0.3) is 22.1 Å². The first-order valence-electron chi connectivity index (χ1n) is 10.6. The van der Waals surface area contributed by atoms with Crippen molar-refractivity contribution in [3.05, 3.63) is 76.2 Å². The summed E-state index contributed by atoms with van der Waals surface area (Å²) in [4.78, 5) is 12.8. The normalized spacial score (nSPS) is 14.9. The summed E-state index contributed by atoms with van der Waals surface area (Å²) in [7, 11) is 0. The van der Waals surface area contributed by atoms with Crippen LogP contribution in [-0.4, -0.2) is 29.1 Å². The summed E-state index contributed by atoms with van der Waals surface area (Å²) in [5.74, 6) is 0.128. The number of ether oxygens (including phenoxy) is 1. The van der Waals surface area contributed by atoms with E-state index >= 15 is 0 Å². The topological polar surface area (TPSA) is 62.9 Å². The maximum absolute atomic E-state index is 13.6. The fourth-order valence-corrected chi connectivity index (χ4v) is 4.99. The molecule has 5 rings (SSSR count). The quantitative estimate of drug-likeness (QED) is 0.333. The van der Waals surface area contributed by atoms with Crippen molar-refractivity contribution in [3.8, 4) is 16.9 Å². The van der Waals surface area contributed by atoms with Crippen molar-refractivity contribution in [1.29, 1.82) is 0 Å². The molecular weight excluding hydrogens is 467 g/mol. The number of hydrogen-bond donors (Lipinski definition) is 1. The van der Waals surface area contributed by atoms with Gasteiger partial charge in [0.15, 0.2) is 0 Å². The molecule has 1 N–H and O–H groups in total. The number of alkyl halides is 3. The third-order valence-electron chi connectivity index (χ3n) is 5.73. The predicted octanol–water partition coefficient (Wildman–Crippen LogP) is 6.28. The molecule has 2 aromatic heterocycles. The van der Waals surface area contributed by atoms with Gasteiger partial charge in [0.25, 0.3) is 0 Å². The molecule has 1 aliphatic heterocycles. The summed E-state index contributed by atoms with van der Waals surface area (Å²) >= 11 is 0.690. The molecule has 0 bridgehead atoms. The Hall–Kier alpha value is -3.30. The van der Waals surface area contributed by atoms with Gasteiger partial charge in [0.1, 0.15) is 28.6 Å². The smallest absolute Gasteiger partial charge is 0.426 e. The Balaban J connectivity index is 1.28. The van der Waals surface area contributed by atoms with Gasteiger partial charge in [-0.2, -0.15) is 13.2 Å². The van der Waals surface area contributed by atoms with Gasteiger partial charge in [-0.15, -0.1) is 11.3 Å². The monoisotopic (exact) mass is 487 g/mol. The van der Waals surface area contributed by atoms with Crippen LogP contribution >= 0.6 is 11.3 Å². The second-order valence-electron chi connectivity index (χ2n) is 8.25. The number of nitrogens with zero attached hydrogens (tertiary/aromatic N) is 1. The van der Waals surface area contributed by atoms with E-state index in [1.165, 1.54) is 6.07 Å². The minimum absolute atomic E-state index is 0.0150. The minimum Gasteiger partial charge on any atom is -0.488 e. The number of carbonyl (C=O) groups is 1. The molecular formula is C25H20F3NO4S. The SMILES string of the molecule is O=C(O)C1CN(Cc2cc3cc(OCc4cc(-c5ccccc5)c(C(F)(F)F)s4)ccc3o2)C1. The van der Waals surface area contributed by atoms with Crippen LogP contribution in [0.1, 0.15) is 15.5 Å². The molecule has 0 saturated carbocycles. The number of fused-ring (bicyclic) bond motifs is 1. The molecule has 1 saturated heterocycles. The van der Waals surface area contributed by atoms with E-state index in [1.807, 2.05) is 11.0 Å². The molecule has 3 heterocycles. The third kappa shape index (κ3) is 4.67. The maximum atomic E-state index is 13.6. The molecule has 176 valence electrons. The van der Waals surface area contributed by atoms with E-state index < -0.39 is 17.0 Å². The molecule has 0 amide bonds. The van der Waals surface area contributed by atoms with Crippen molar-refractivity contribution in [2.75, 3.05) is 13.1 Å². The molecule has 2 aromatic carbocycles. The average Bonchev–Trinajstić information content (AvgIpc) is 3.38. The van der Waals surface area contributed by atoms with Gasteiger partial charge in [-0.1, -0.05) is 30.3 Å². The van der Waals surface area contributed by atoms with E-state index in [0.29, 0.717) is 52.7 Å². The zero-order valence-corrected chi connectivity index (χ0v) is 18.7. The van der Waals surface area contributed by atoms with Gasteiger partial charge in [-0.05, 0) is 35.9 Å². The van der Waals surface area contributed by atoms with Crippen LogP contribution in [0.15, 0.2) is 65.1 Å². The highest BCUT2D eigenvalue weighted by molar-refractivity contribution is 7.12. The summed E-state index contributed by atoms with van der Waals surface area (Å²) in [5, 5.41) is 9.80. The molecule has 0 unspecified atom stereocenters. The predicted molar refractivity (Wildman–Crippen MR) is 122 cm³/mol. The number of likely N-dealkylation sites (tertiary alicyclic amines) is 1. The number of rotatable bonds is 7. The molecule has 0 radical (unpaired) electrons. The van der Waals surface area contributed by atoms with Gasteiger partial charge >= 0.3 is 12.1 Å². The van der Waals surface area contributed by atoms with Crippen molar-refractivity contribution in [2.45, 2.75) is 19.3 Å². The average molecular weight is 487 g/mol. The fourth-order valence-electron chi connectivity index (χ4n) is 4.03. The maximum Gasteiger partial charge on any atom is 0.426 e. The van der Waals surface area contributed by atoms with Crippen molar-refractivity contribution < 1.29 is 32.2 Å². The Labute approximate surface area is 197 Å². The molecule has 34 heavy (non-hydrogen) atoms. The Morgan fingerprint density at radius 2 is 1.88 bits per heavy atom. The molecule has 0 aliphatic carbocycles. The highest BCUT2D eigenvalue weighted by atomic mass is 32.1. The van der Waals surface area contributed by atoms with Crippen LogP contribution in [0.4, 0.5) is 13.2 Å². The van der Waals surface area contributed by atoms with E-state index in [-0.39, 0.29) is 18.1 Å². The number of carboxylic acids is 1. The van der Waals surface area contributed by atoms with Crippen molar-refractivity contribution >= 4 is 28.3 Å². The van der Waals surface area contributed by atoms with E-state index in [2.05, 4.69) is 0 Å². The van der Waals surface area contributed by atoms with Crippen LogP contribution < -0.4 is 4.74 Å². The van der Waals surface area contributed by atoms with Crippen LogP contribution in [0.5, 0.6) is 5.75 Å². The van der Waals surface area contributed by atoms with Crippen LogP contribution in [0, 0.1) is 5.92 Å². The number of hydrogen-bond acceptors (Lipinski definition) is 5. The zero-order chi connectivity index (χ0) is 23.9. The first kappa shape index (κ1) is 22.5. The van der Waals surface area contributed by atoms with E-state index in [0.717, 1.165) is 11.1 Å². The molecule has 5 nitrogen and oxygen atoms in total. The van der Waals surface area contributed by atoms with Gasteiger partial charge in [-0.3, -0.25) is 9.69 Å². The van der Waals surface area contributed by atoms with Crippen molar-refractivity contribution in [3.63, 3.8) is 0 Å². The largest absolute Gasteiger partial charge is 0.488 e. The van der Waals surface area contributed by atoms with Crippen LogP contribution in [0.2, 0.25) is 0 Å².